The number of hydrogen-bond acceptors (Lipinski definition) is 3. The third-order valence-electron chi connectivity index (χ3n) is 5.62. The Morgan fingerprint density at radius 3 is 2.37 bits per heavy atom. The number of benzene rings is 3. The van der Waals surface area contributed by atoms with Crippen molar-refractivity contribution in [1.82, 2.24) is 9.62 Å². The van der Waals surface area contributed by atoms with Gasteiger partial charge in [0.15, 0.2) is 0 Å². The van der Waals surface area contributed by atoms with E-state index in [0.717, 1.165) is 42.0 Å². The third-order valence-corrected chi connectivity index (χ3v) is 7.51. The van der Waals surface area contributed by atoms with Gasteiger partial charge in [0, 0.05) is 25.2 Å². The maximum absolute atomic E-state index is 13.0. The Hall–Kier alpha value is -2.70. The zero-order valence-corrected chi connectivity index (χ0v) is 17.7. The Balaban J connectivity index is 1.51. The highest BCUT2D eigenvalue weighted by atomic mass is 32.2. The van der Waals surface area contributed by atoms with Crippen LogP contribution in [0.1, 0.15) is 41.6 Å². The lowest BCUT2D eigenvalue weighted by atomic mass is 10.0. The Morgan fingerprint density at radius 2 is 1.57 bits per heavy atom. The number of hydrogen-bond donors (Lipinski definition) is 1. The molecule has 156 valence electrons. The number of carbonyl (C=O) groups is 1. The Kier molecular flexibility index (Phi) is 6.16. The number of nitrogens with zero attached hydrogens (tertiary/aromatic N) is 1. The predicted molar refractivity (Wildman–Crippen MR) is 119 cm³/mol. The standard InChI is InChI=1S/C24H26N2O3S/c27-24(25-18-21-12-7-10-19-9-3-4-14-23(19)21)20-11-8-13-22(17-20)30(28,29)26-15-5-1-2-6-16-26/h3-4,7-14,17H,1-2,5-6,15-16,18H2,(H,25,27). The summed E-state index contributed by atoms with van der Waals surface area (Å²) in [5.74, 6) is -0.282. The molecule has 1 N–H and O–H groups in total. The fourth-order valence-corrected chi connectivity index (χ4v) is 5.52. The van der Waals surface area contributed by atoms with E-state index in [0.29, 0.717) is 25.2 Å². The van der Waals surface area contributed by atoms with E-state index in [-0.39, 0.29) is 10.8 Å². The number of amides is 1. The fraction of sp³-hybridized carbons (Fsp3) is 0.292. The van der Waals surface area contributed by atoms with Gasteiger partial charge in [0.1, 0.15) is 0 Å². The molecule has 5 nitrogen and oxygen atoms in total. The molecular formula is C24H26N2O3S. The summed E-state index contributed by atoms with van der Waals surface area (Å²) in [6.07, 6.45) is 3.88. The quantitative estimate of drug-likeness (QED) is 0.665. The molecule has 4 rings (SSSR count). The molecule has 0 radical (unpaired) electrons. The van der Waals surface area contributed by atoms with Crippen LogP contribution in [0.3, 0.4) is 0 Å². The van der Waals surface area contributed by atoms with Crippen LogP contribution in [0, 0.1) is 0 Å². The number of rotatable bonds is 5. The van der Waals surface area contributed by atoms with Crippen molar-refractivity contribution >= 4 is 26.7 Å². The molecule has 3 aromatic carbocycles. The molecule has 1 aliphatic heterocycles. The van der Waals surface area contributed by atoms with Crippen molar-refractivity contribution in [3.63, 3.8) is 0 Å². The molecule has 0 saturated carbocycles. The van der Waals surface area contributed by atoms with Gasteiger partial charge < -0.3 is 5.32 Å². The Labute approximate surface area is 177 Å². The van der Waals surface area contributed by atoms with Crippen LogP contribution in [-0.2, 0) is 16.6 Å². The summed E-state index contributed by atoms with van der Waals surface area (Å²) in [7, 11) is -3.58. The summed E-state index contributed by atoms with van der Waals surface area (Å²) in [6, 6.07) is 20.4. The van der Waals surface area contributed by atoms with Crippen LogP contribution < -0.4 is 5.32 Å². The van der Waals surface area contributed by atoms with Crippen LogP contribution in [0.2, 0.25) is 0 Å². The monoisotopic (exact) mass is 422 g/mol. The van der Waals surface area contributed by atoms with Crippen molar-refractivity contribution in [2.75, 3.05) is 13.1 Å². The summed E-state index contributed by atoms with van der Waals surface area (Å²) < 4.78 is 27.6. The molecular weight excluding hydrogens is 396 g/mol. The molecule has 30 heavy (non-hydrogen) atoms. The second-order valence-electron chi connectivity index (χ2n) is 7.67. The largest absolute Gasteiger partial charge is 0.348 e. The molecule has 3 aromatic rings. The van der Waals surface area contributed by atoms with Gasteiger partial charge in [-0.3, -0.25) is 4.79 Å². The number of carbonyl (C=O) groups excluding carboxylic acids is 1. The summed E-state index contributed by atoms with van der Waals surface area (Å²) in [5.41, 5.74) is 1.38. The van der Waals surface area contributed by atoms with Gasteiger partial charge in [0.2, 0.25) is 10.0 Å². The van der Waals surface area contributed by atoms with Gasteiger partial charge in [-0.2, -0.15) is 4.31 Å². The number of sulfonamides is 1. The first-order chi connectivity index (χ1) is 14.6. The van der Waals surface area contributed by atoms with Gasteiger partial charge in [0.05, 0.1) is 4.90 Å². The van der Waals surface area contributed by atoms with E-state index in [9.17, 15) is 13.2 Å². The molecule has 0 unspecified atom stereocenters. The minimum absolute atomic E-state index is 0.183. The Bertz CT molecular complexity index is 1140. The summed E-state index contributed by atoms with van der Waals surface area (Å²) in [5, 5.41) is 5.14. The molecule has 1 aliphatic rings. The first kappa shape index (κ1) is 20.6. The second-order valence-corrected chi connectivity index (χ2v) is 9.61. The maximum Gasteiger partial charge on any atom is 0.251 e. The highest BCUT2D eigenvalue weighted by Crippen LogP contribution is 2.22. The first-order valence-corrected chi connectivity index (χ1v) is 11.8. The van der Waals surface area contributed by atoms with E-state index in [1.165, 1.54) is 6.07 Å². The van der Waals surface area contributed by atoms with Crippen LogP contribution >= 0.6 is 0 Å². The van der Waals surface area contributed by atoms with Crippen LogP contribution in [-0.4, -0.2) is 31.7 Å². The zero-order chi connectivity index (χ0) is 21.0. The Morgan fingerprint density at radius 1 is 0.867 bits per heavy atom. The zero-order valence-electron chi connectivity index (χ0n) is 16.9. The molecule has 0 aromatic heterocycles. The van der Waals surface area contributed by atoms with Crippen molar-refractivity contribution in [2.24, 2.45) is 0 Å². The van der Waals surface area contributed by atoms with Gasteiger partial charge in [-0.25, -0.2) is 8.42 Å². The van der Waals surface area contributed by atoms with Crippen molar-refractivity contribution in [2.45, 2.75) is 37.1 Å². The van der Waals surface area contributed by atoms with Gasteiger partial charge >= 0.3 is 0 Å². The minimum atomic E-state index is -3.58. The molecule has 0 bridgehead atoms. The van der Waals surface area contributed by atoms with Crippen LogP contribution in [0.5, 0.6) is 0 Å². The van der Waals surface area contributed by atoms with E-state index in [4.69, 9.17) is 0 Å². The van der Waals surface area contributed by atoms with Crippen LogP contribution in [0.4, 0.5) is 0 Å². The highest BCUT2D eigenvalue weighted by Gasteiger charge is 2.25. The van der Waals surface area contributed by atoms with E-state index < -0.39 is 10.0 Å². The maximum atomic E-state index is 13.0. The molecule has 1 amide bonds. The number of nitrogens with one attached hydrogen (secondary N) is 1. The van der Waals surface area contributed by atoms with E-state index in [1.807, 2.05) is 42.5 Å². The van der Waals surface area contributed by atoms with Gasteiger partial charge in [-0.05, 0) is 47.4 Å². The normalized spacial score (nSPS) is 15.6. The van der Waals surface area contributed by atoms with Crippen molar-refractivity contribution < 1.29 is 13.2 Å². The molecule has 6 heteroatoms. The average Bonchev–Trinajstić information content (AvgIpc) is 3.08. The van der Waals surface area contributed by atoms with Crippen molar-refractivity contribution in [3.05, 3.63) is 77.9 Å². The summed E-state index contributed by atoms with van der Waals surface area (Å²) >= 11 is 0. The van der Waals surface area contributed by atoms with E-state index in [2.05, 4.69) is 5.32 Å². The molecule has 0 aliphatic carbocycles. The van der Waals surface area contributed by atoms with E-state index >= 15 is 0 Å². The van der Waals surface area contributed by atoms with Gasteiger partial charge in [-0.1, -0.05) is 61.4 Å². The molecule has 1 fully saturated rings. The second kappa shape index (κ2) is 8.98. The van der Waals surface area contributed by atoms with Crippen LogP contribution in [0.15, 0.2) is 71.6 Å². The average molecular weight is 423 g/mol. The molecule has 1 heterocycles. The SMILES string of the molecule is O=C(NCc1cccc2ccccc12)c1cccc(S(=O)(=O)N2CCCCCC2)c1. The third kappa shape index (κ3) is 4.40. The fourth-order valence-electron chi connectivity index (χ4n) is 3.95. The van der Waals surface area contributed by atoms with Crippen molar-refractivity contribution in [3.8, 4) is 0 Å². The lowest BCUT2D eigenvalue weighted by Crippen LogP contribution is -2.32. The van der Waals surface area contributed by atoms with E-state index in [1.54, 1.807) is 22.5 Å². The van der Waals surface area contributed by atoms with Gasteiger partial charge in [-0.15, -0.1) is 0 Å². The predicted octanol–water partition coefficient (Wildman–Crippen LogP) is 4.33. The molecule has 0 atom stereocenters. The minimum Gasteiger partial charge on any atom is -0.348 e. The smallest absolute Gasteiger partial charge is 0.251 e. The summed E-state index contributed by atoms with van der Waals surface area (Å²) in [4.78, 5) is 12.9. The number of fused-ring (bicyclic) bond motifs is 1. The highest BCUT2D eigenvalue weighted by molar-refractivity contribution is 7.89. The van der Waals surface area contributed by atoms with Crippen LogP contribution in [0.25, 0.3) is 10.8 Å². The molecule has 1 saturated heterocycles. The molecule has 0 spiro atoms. The topological polar surface area (TPSA) is 66.5 Å². The lowest BCUT2D eigenvalue weighted by molar-refractivity contribution is 0.0951. The lowest BCUT2D eigenvalue weighted by Gasteiger charge is -2.20. The van der Waals surface area contributed by atoms with Gasteiger partial charge in [0.25, 0.3) is 5.91 Å². The van der Waals surface area contributed by atoms with Crippen molar-refractivity contribution in [1.29, 1.82) is 0 Å². The summed E-state index contributed by atoms with van der Waals surface area (Å²) in [6.45, 7) is 1.46. The first-order valence-electron chi connectivity index (χ1n) is 10.4.